The van der Waals surface area contributed by atoms with E-state index in [9.17, 15) is 4.79 Å². The summed E-state index contributed by atoms with van der Waals surface area (Å²) in [5.41, 5.74) is 1.83. The van der Waals surface area contributed by atoms with Gasteiger partial charge in [-0.3, -0.25) is 4.79 Å². The van der Waals surface area contributed by atoms with E-state index in [1.165, 1.54) is 38.5 Å². The lowest BCUT2D eigenvalue weighted by Gasteiger charge is -2.42. The highest BCUT2D eigenvalue weighted by atomic mass is 35.5. The molecule has 0 bridgehead atoms. The first-order valence-corrected chi connectivity index (χ1v) is 11.9. The van der Waals surface area contributed by atoms with E-state index >= 15 is 0 Å². The highest BCUT2D eigenvalue weighted by Gasteiger charge is 2.32. The van der Waals surface area contributed by atoms with Crippen LogP contribution in [0, 0.1) is 0 Å². The Morgan fingerprint density at radius 3 is 1.97 bits per heavy atom. The number of benzene rings is 2. The van der Waals surface area contributed by atoms with Gasteiger partial charge in [-0.05, 0) is 55.5 Å². The van der Waals surface area contributed by atoms with Crippen molar-refractivity contribution in [2.75, 3.05) is 0 Å². The second-order valence-corrected chi connectivity index (χ2v) is 9.12. The normalized spacial score (nSPS) is 18.2. The standard InChI is InChI=1S/C26H32ClNO2/c27-24-13-7-8-14-25(24)30-19-20-15-17-21(18-16-20)26(29)28(22-9-3-1-4-10-22)23-11-5-2-6-12-23/h7-8,13-18,22-23H,1-6,9-12,19H2. The Kier molecular flexibility index (Phi) is 7.33. The predicted molar refractivity (Wildman–Crippen MR) is 122 cm³/mol. The molecule has 2 fully saturated rings. The summed E-state index contributed by atoms with van der Waals surface area (Å²) in [4.78, 5) is 15.8. The number of carbonyl (C=O) groups is 1. The molecule has 2 aromatic rings. The van der Waals surface area contributed by atoms with E-state index in [4.69, 9.17) is 16.3 Å². The van der Waals surface area contributed by atoms with E-state index in [2.05, 4.69) is 4.90 Å². The average molecular weight is 426 g/mol. The summed E-state index contributed by atoms with van der Waals surface area (Å²) in [6.45, 7) is 0.438. The Morgan fingerprint density at radius 2 is 1.40 bits per heavy atom. The van der Waals surface area contributed by atoms with Crippen molar-refractivity contribution in [2.45, 2.75) is 82.9 Å². The van der Waals surface area contributed by atoms with Gasteiger partial charge in [0.15, 0.2) is 0 Å². The number of hydrogen-bond acceptors (Lipinski definition) is 2. The van der Waals surface area contributed by atoms with Crippen molar-refractivity contribution < 1.29 is 9.53 Å². The van der Waals surface area contributed by atoms with Crippen molar-refractivity contribution in [2.24, 2.45) is 0 Å². The Morgan fingerprint density at radius 1 is 0.833 bits per heavy atom. The molecule has 0 unspecified atom stereocenters. The molecule has 0 saturated heterocycles. The minimum absolute atomic E-state index is 0.215. The fourth-order valence-corrected chi connectivity index (χ4v) is 5.15. The molecule has 30 heavy (non-hydrogen) atoms. The van der Waals surface area contributed by atoms with E-state index < -0.39 is 0 Å². The number of halogens is 1. The van der Waals surface area contributed by atoms with Gasteiger partial charge in [0, 0.05) is 17.6 Å². The van der Waals surface area contributed by atoms with Gasteiger partial charge >= 0.3 is 0 Å². The number of amides is 1. The Bertz CT molecular complexity index is 805. The maximum atomic E-state index is 13.6. The summed E-state index contributed by atoms with van der Waals surface area (Å²) in [6.07, 6.45) is 12.3. The molecule has 0 spiro atoms. The summed E-state index contributed by atoms with van der Waals surface area (Å²) in [7, 11) is 0. The van der Waals surface area contributed by atoms with Crippen LogP contribution in [0.2, 0.25) is 5.02 Å². The van der Waals surface area contributed by atoms with Crippen LogP contribution in [0.1, 0.15) is 80.1 Å². The summed E-state index contributed by atoms with van der Waals surface area (Å²) in [5.74, 6) is 0.896. The maximum Gasteiger partial charge on any atom is 0.254 e. The van der Waals surface area contributed by atoms with Gasteiger partial charge in [-0.25, -0.2) is 0 Å². The monoisotopic (exact) mass is 425 g/mol. The molecule has 0 atom stereocenters. The molecule has 0 heterocycles. The van der Waals surface area contributed by atoms with E-state index in [-0.39, 0.29) is 5.91 Å². The number of rotatable bonds is 6. The lowest BCUT2D eigenvalue weighted by atomic mass is 9.88. The summed E-state index contributed by atoms with van der Waals surface area (Å²) >= 11 is 6.16. The zero-order chi connectivity index (χ0) is 20.8. The van der Waals surface area contributed by atoms with Crippen LogP contribution in [-0.4, -0.2) is 22.9 Å². The lowest BCUT2D eigenvalue weighted by molar-refractivity contribution is 0.0448. The summed E-state index contributed by atoms with van der Waals surface area (Å²) < 4.78 is 5.83. The van der Waals surface area contributed by atoms with Crippen molar-refractivity contribution in [1.82, 2.24) is 4.90 Å². The number of hydrogen-bond donors (Lipinski definition) is 0. The molecule has 2 saturated carbocycles. The van der Waals surface area contributed by atoms with Crippen molar-refractivity contribution >= 4 is 17.5 Å². The van der Waals surface area contributed by atoms with Gasteiger partial charge < -0.3 is 9.64 Å². The molecule has 1 amide bonds. The molecule has 3 nitrogen and oxygen atoms in total. The third kappa shape index (κ3) is 5.18. The molecular formula is C26H32ClNO2. The Hall–Kier alpha value is -2.00. The van der Waals surface area contributed by atoms with Crippen molar-refractivity contribution in [1.29, 1.82) is 0 Å². The fourth-order valence-electron chi connectivity index (χ4n) is 4.96. The van der Waals surface area contributed by atoms with E-state index in [0.717, 1.165) is 36.8 Å². The topological polar surface area (TPSA) is 29.5 Å². The SMILES string of the molecule is O=C(c1ccc(COc2ccccc2Cl)cc1)N(C1CCCCC1)C1CCCCC1. The minimum Gasteiger partial charge on any atom is -0.487 e. The maximum absolute atomic E-state index is 13.6. The first kappa shape index (κ1) is 21.2. The second kappa shape index (κ2) is 10.3. The molecule has 0 radical (unpaired) electrons. The van der Waals surface area contributed by atoms with E-state index in [1.807, 2.05) is 48.5 Å². The summed E-state index contributed by atoms with van der Waals surface area (Å²) in [6, 6.07) is 16.3. The highest BCUT2D eigenvalue weighted by Crippen LogP contribution is 2.31. The quantitative estimate of drug-likeness (QED) is 0.497. The van der Waals surface area contributed by atoms with Crippen LogP contribution >= 0.6 is 11.6 Å². The van der Waals surface area contributed by atoms with Crippen LogP contribution in [-0.2, 0) is 6.61 Å². The Balaban J connectivity index is 1.45. The van der Waals surface area contributed by atoms with Gasteiger partial charge in [-0.2, -0.15) is 0 Å². The van der Waals surface area contributed by atoms with Gasteiger partial charge in [0.1, 0.15) is 12.4 Å². The molecule has 0 aliphatic heterocycles. The summed E-state index contributed by atoms with van der Waals surface area (Å²) in [5, 5.41) is 0.611. The zero-order valence-corrected chi connectivity index (χ0v) is 18.4. The average Bonchev–Trinajstić information content (AvgIpc) is 2.80. The molecule has 2 aliphatic carbocycles. The first-order chi connectivity index (χ1) is 14.7. The molecular weight excluding hydrogens is 394 g/mol. The van der Waals surface area contributed by atoms with Crippen LogP contribution in [0.3, 0.4) is 0 Å². The Labute approximate surface area is 185 Å². The van der Waals surface area contributed by atoms with Crippen LogP contribution in [0.4, 0.5) is 0 Å². The van der Waals surface area contributed by atoms with E-state index in [1.54, 1.807) is 0 Å². The van der Waals surface area contributed by atoms with Gasteiger partial charge in [0.05, 0.1) is 5.02 Å². The molecule has 0 aromatic heterocycles. The number of para-hydroxylation sites is 1. The predicted octanol–water partition coefficient (Wildman–Crippen LogP) is 7.03. The van der Waals surface area contributed by atoms with Gasteiger partial charge in [-0.15, -0.1) is 0 Å². The van der Waals surface area contributed by atoms with Crippen LogP contribution in [0.5, 0.6) is 5.75 Å². The van der Waals surface area contributed by atoms with Crippen molar-refractivity contribution in [3.63, 3.8) is 0 Å². The number of nitrogens with zero attached hydrogens (tertiary/aromatic N) is 1. The van der Waals surface area contributed by atoms with Crippen molar-refractivity contribution in [3.8, 4) is 5.75 Å². The number of carbonyl (C=O) groups excluding carboxylic acids is 1. The lowest BCUT2D eigenvalue weighted by Crippen LogP contribution is -2.48. The second-order valence-electron chi connectivity index (χ2n) is 8.71. The van der Waals surface area contributed by atoms with Crippen molar-refractivity contribution in [3.05, 3.63) is 64.7 Å². The number of ether oxygens (including phenoxy) is 1. The third-order valence-corrected chi connectivity index (χ3v) is 6.91. The highest BCUT2D eigenvalue weighted by molar-refractivity contribution is 6.32. The largest absolute Gasteiger partial charge is 0.487 e. The van der Waals surface area contributed by atoms with Crippen LogP contribution in [0.25, 0.3) is 0 Å². The van der Waals surface area contributed by atoms with E-state index in [0.29, 0.717) is 29.5 Å². The van der Waals surface area contributed by atoms with Crippen LogP contribution in [0.15, 0.2) is 48.5 Å². The molecule has 0 N–H and O–H groups in total. The van der Waals surface area contributed by atoms with Gasteiger partial charge in [0.2, 0.25) is 0 Å². The van der Waals surface area contributed by atoms with Gasteiger partial charge in [0.25, 0.3) is 5.91 Å². The third-order valence-electron chi connectivity index (χ3n) is 6.60. The molecule has 2 aromatic carbocycles. The first-order valence-electron chi connectivity index (χ1n) is 11.5. The van der Waals surface area contributed by atoms with Gasteiger partial charge in [-0.1, -0.05) is 74.4 Å². The molecule has 4 heteroatoms. The zero-order valence-electron chi connectivity index (χ0n) is 17.7. The smallest absolute Gasteiger partial charge is 0.254 e. The molecule has 160 valence electrons. The molecule has 2 aliphatic rings. The molecule has 4 rings (SSSR count). The minimum atomic E-state index is 0.215. The fraction of sp³-hybridized carbons (Fsp3) is 0.500. The van der Waals surface area contributed by atoms with Crippen LogP contribution < -0.4 is 4.74 Å².